The lowest BCUT2D eigenvalue weighted by atomic mass is 10.1. The van der Waals surface area contributed by atoms with Gasteiger partial charge < -0.3 is 4.74 Å². The number of H-pyrrole nitrogens is 1. The third-order valence-corrected chi connectivity index (χ3v) is 2.43. The molecule has 0 spiro atoms. The minimum absolute atomic E-state index is 0.0642. The van der Waals surface area contributed by atoms with Crippen molar-refractivity contribution in [2.24, 2.45) is 0 Å². The SMILES string of the molecule is COC(=O)CC#Cc1cc([N+](=O)[O-])c2cn[nH]c2c1. The number of esters is 1. The largest absolute Gasteiger partial charge is 0.468 e. The zero-order valence-electron chi connectivity index (χ0n) is 9.97. The van der Waals surface area contributed by atoms with E-state index in [9.17, 15) is 14.9 Å². The Morgan fingerprint density at radius 1 is 1.58 bits per heavy atom. The molecule has 2 aromatic rings. The average molecular weight is 259 g/mol. The summed E-state index contributed by atoms with van der Waals surface area (Å²) in [6.45, 7) is 0. The van der Waals surface area contributed by atoms with Gasteiger partial charge in [0.2, 0.25) is 0 Å². The van der Waals surface area contributed by atoms with Crippen LogP contribution in [0.15, 0.2) is 18.3 Å². The minimum Gasteiger partial charge on any atom is -0.468 e. The first-order valence-corrected chi connectivity index (χ1v) is 5.29. The van der Waals surface area contributed by atoms with Crippen LogP contribution in [0.3, 0.4) is 0 Å². The molecule has 0 saturated heterocycles. The number of aromatic nitrogens is 2. The van der Waals surface area contributed by atoms with E-state index in [2.05, 4.69) is 26.8 Å². The number of nitro benzene ring substituents is 1. The molecule has 0 aliphatic carbocycles. The van der Waals surface area contributed by atoms with Crippen molar-refractivity contribution in [2.75, 3.05) is 7.11 Å². The second kappa shape index (κ2) is 5.18. The maximum absolute atomic E-state index is 10.9. The summed E-state index contributed by atoms with van der Waals surface area (Å²) in [5.41, 5.74) is 0.887. The van der Waals surface area contributed by atoms with Gasteiger partial charge in [0.1, 0.15) is 6.42 Å². The van der Waals surface area contributed by atoms with Crippen LogP contribution >= 0.6 is 0 Å². The van der Waals surface area contributed by atoms with Gasteiger partial charge in [-0.05, 0) is 6.07 Å². The maximum Gasteiger partial charge on any atom is 0.317 e. The molecule has 0 aliphatic rings. The van der Waals surface area contributed by atoms with E-state index >= 15 is 0 Å². The van der Waals surface area contributed by atoms with Gasteiger partial charge in [-0.2, -0.15) is 5.10 Å². The summed E-state index contributed by atoms with van der Waals surface area (Å²) in [6.07, 6.45) is 1.32. The Balaban J connectivity index is 2.39. The molecule has 2 rings (SSSR count). The molecule has 1 aromatic carbocycles. The average Bonchev–Trinajstić information content (AvgIpc) is 2.85. The van der Waals surface area contributed by atoms with Gasteiger partial charge in [-0.15, -0.1) is 0 Å². The van der Waals surface area contributed by atoms with Crippen LogP contribution in [0.4, 0.5) is 5.69 Å². The molecule has 0 saturated carbocycles. The van der Waals surface area contributed by atoms with Gasteiger partial charge >= 0.3 is 5.97 Å². The lowest BCUT2D eigenvalue weighted by Gasteiger charge is -1.95. The Morgan fingerprint density at radius 2 is 2.37 bits per heavy atom. The van der Waals surface area contributed by atoms with Crippen LogP contribution in [0.1, 0.15) is 12.0 Å². The van der Waals surface area contributed by atoms with Crippen molar-refractivity contribution in [3.63, 3.8) is 0 Å². The first kappa shape index (κ1) is 12.6. The number of methoxy groups -OCH3 is 1. The summed E-state index contributed by atoms with van der Waals surface area (Å²) in [7, 11) is 1.27. The lowest BCUT2D eigenvalue weighted by Crippen LogP contribution is -1.97. The number of benzene rings is 1. The van der Waals surface area contributed by atoms with Crippen LogP contribution < -0.4 is 0 Å². The Kier molecular flexibility index (Phi) is 3.43. The fourth-order valence-electron chi connectivity index (χ4n) is 1.55. The normalized spacial score (nSPS) is 9.74. The first-order valence-electron chi connectivity index (χ1n) is 5.29. The second-order valence-electron chi connectivity index (χ2n) is 3.64. The topological polar surface area (TPSA) is 98.1 Å². The van der Waals surface area contributed by atoms with Crippen LogP contribution in [0.2, 0.25) is 0 Å². The summed E-state index contributed by atoms with van der Waals surface area (Å²) in [5.74, 6) is 4.82. The van der Waals surface area contributed by atoms with Crippen molar-refractivity contribution in [3.8, 4) is 11.8 Å². The molecule has 0 fully saturated rings. The fourth-order valence-corrected chi connectivity index (χ4v) is 1.55. The van der Waals surface area contributed by atoms with E-state index in [4.69, 9.17) is 0 Å². The number of hydrogen-bond acceptors (Lipinski definition) is 5. The predicted molar refractivity (Wildman–Crippen MR) is 66.3 cm³/mol. The number of hydrogen-bond donors (Lipinski definition) is 1. The minimum atomic E-state index is -0.497. The molecule has 0 unspecified atom stereocenters. The molecule has 0 atom stereocenters. The standard InChI is InChI=1S/C12H9N3O4/c1-19-12(16)4-2-3-8-5-10-9(7-13-14-10)11(6-8)15(17)18/h5-7H,4H2,1H3,(H,13,14). The van der Waals surface area contributed by atoms with Gasteiger partial charge in [-0.3, -0.25) is 20.0 Å². The first-order chi connectivity index (χ1) is 9.11. The predicted octanol–water partition coefficient (Wildman–Crippen LogP) is 1.39. The molecule has 0 bridgehead atoms. The van der Waals surface area contributed by atoms with Gasteiger partial charge in [-0.25, -0.2) is 0 Å². The van der Waals surface area contributed by atoms with E-state index in [0.717, 1.165) is 0 Å². The number of nitro groups is 1. The molecule has 96 valence electrons. The van der Waals surface area contributed by atoms with Gasteiger partial charge in [0, 0.05) is 11.6 Å². The number of ether oxygens (including phenoxy) is 1. The number of nitrogens with one attached hydrogen (secondary N) is 1. The molecule has 0 amide bonds. The maximum atomic E-state index is 10.9. The van der Waals surface area contributed by atoms with Crippen LogP contribution in [0.25, 0.3) is 10.9 Å². The molecule has 7 nitrogen and oxygen atoms in total. The third kappa shape index (κ3) is 2.69. The van der Waals surface area contributed by atoms with E-state index < -0.39 is 10.9 Å². The molecule has 1 aromatic heterocycles. The summed E-state index contributed by atoms with van der Waals surface area (Å²) in [5, 5.41) is 17.8. The third-order valence-electron chi connectivity index (χ3n) is 2.43. The van der Waals surface area contributed by atoms with Crippen molar-refractivity contribution in [3.05, 3.63) is 34.0 Å². The smallest absolute Gasteiger partial charge is 0.317 e. The van der Waals surface area contributed by atoms with E-state index in [0.29, 0.717) is 16.5 Å². The molecule has 0 aliphatic heterocycles. The van der Waals surface area contributed by atoms with Crippen LogP contribution in [-0.4, -0.2) is 28.2 Å². The highest BCUT2D eigenvalue weighted by Gasteiger charge is 2.14. The van der Waals surface area contributed by atoms with E-state index in [1.165, 1.54) is 19.4 Å². The van der Waals surface area contributed by atoms with Crippen molar-refractivity contribution >= 4 is 22.6 Å². The van der Waals surface area contributed by atoms with Crippen LogP contribution in [0.5, 0.6) is 0 Å². The quantitative estimate of drug-likeness (QED) is 0.380. The number of rotatable bonds is 2. The van der Waals surface area contributed by atoms with E-state index in [1.807, 2.05) is 0 Å². The highest BCUT2D eigenvalue weighted by molar-refractivity contribution is 5.89. The molecule has 0 radical (unpaired) electrons. The van der Waals surface area contributed by atoms with Crippen molar-refractivity contribution in [1.82, 2.24) is 10.2 Å². The molecule has 19 heavy (non-hydrogen) atoms. The van der Waals surface area contributed by atoms with Gasteiger partial charge in [0.05, 0.1) is 29.1 Å². The second-order valence-corrected chi connectivity index (χ2v) is 3.64. The van der Waals surface area contributed by atoms with E-state index in [-0.39, 0.29) is 12.1 Å². The summed E-state index contributed by atoms with van der Waals surface area (Å²) in [6, 6.07) is 2.99. The lowest BCUT2D eigenvalue weighted by molar-refractivity contribution is -0.383. The Morgan fingerprint density at radius 3 is 3.05 bits per heavy atom. The summed E-state index contributed by atoms with van der Waals surface area (Å²) in [4.78, 5) is 21.3. The molecule has 1 heterocycles. The van der Waals surface area contributed by atoms with E-state index in [1.54, 1.807) is 6.07 Å². The van der Waals surface area contributed by atoms with Crippen molar-refractivity contribution in [2.45, 2.75) is 6.42 Å². The van der Waals surface area contributed by atoms with Gasteiger partial charge in [0.15, 0.2) is 0 Å². The van der Waals surface area contributed by atoms with Gasteiger partial charge in [-0.1, -0.05) is 11.8 Å². The highest BCUT2D eigenvalue weighted by atomic mass is 16.6. The van der Waals surface area contributed by atoms with Crippen molar-refractivity contribution in [1.29, 1.82) is 0 Å². The zero-order chi connectivity index (χ0) is 13.8. The zero-order valence-corrected chi connectivity index (χ0v) is 9.97. The van der Waals surface area contributed by atoms with Crippen LogP contribution in [-0.2, 0) is 9.53 Å². The number of fused-ring (bicyclic) bond motifs is 1. The Labute approximate surface area is 107 Å². The number of carbonyl (C=O) groups is 1. The number of non-ortho nitro benzene ring substituents is 1. The summed E-state index contributed by atoms with van der Waals surface area (Å²) < 4.78 is 4.44. The Hall–Kier alpha value is -2.88. The number of aromatic amines is 1. The molecular weight excluding hydrogens is 250 g/mol. The molecular formula is C12H9N3O4. The molecule has 1 N–H and O–H groups in total. The van der Waals surface area contributed by atoms with Crippen molar-refractivity contribution < 1.29 is 14.5 Å². The van der Waals surface area contributed by atoms with Crippen LogP contribution in [0, 0.1) is 22.0 Å². The summed E-state index contributed by atoms with van der Waals surface area (Å²) >= 11 is 0. The Bertz CT molecular complexity index is 709. The molecule has 7 heteroatoms. The number of nitrogens with zero attached hydrogens (tertiary/aromatic N) is 2. The fraction of sp³-hybridized carbons (Fsp3) is 0.167. The monoisotopic (exact) mass is 259 g/mol. The highest BCUT2D eigenvalue weighted by Crippen LogP contribution is 2.25. The number of carbonyl (C=O) groups excluding carboxylic acids is 1. The van der Waals surface area contributed by atoms with Gasteiger partial charge in [0.25, 0.3) is 5.69 Å².